The number of nitrogens with zero attached hydrogens (tertiary/aromatic N) is 1. The number of hydrogen-bond donors (Lipinski definition) is 0. The Balaban J connectivity index is 1.11. The molecule has 0 N–H and O–H groups in total. The van der Waals surface area contributed by atoms with Crippen LogP contribution in [0.4, 0.5) is 17.1 Å². The molecule has 0 aromatic heterocycles. The molecule has 2 unspecified atom stereocenters. The summed E-state index contributed by atoms with van der Waals surface area (Å²) in [7, 11) is 0. The molecule has 1 nitrogen and oxygen atoms in total. The van der Waals surface area contributed by atoms with Crippen LogP contribution < -0.4 is 4.90 Å². The third-order valence-corrected chi connectivity index (χ3v) is 16.2. The standard InChI is InChI=1S/C72H63N/c1-8-49-27-29-50(30-28-49)51-31-41-58(42-32-51)73(59-43-45-63-61-23-15-17-25-65(61)71(67(63)47-59,54-19-11-9-12-20-54)56-37-33-52(34-38-56)69(2,3)4)60-44-46-64-62-24-16-18-26-66(62)72(68(64)48-60,55-21-13-10-14-22-55)57-39-35-53(36-40-57)70(5,6)7/h9-48H,8H2,1-7H3. The Kier molecular flexibility index (Phi) is 11.1. The first-order chi connectivity index (χ1) is 35.4. The molecule has 0 bridgehead atoms. The largest absolute Gasteiger partial charge is 0.310 e. The van der Waals surface area contributed by atoms with E-state index in [0.717, 1.165) is 23.5 Å². The summed E-state index contributed by atoms with van der Waals surface area (Å²) in [6.45, 7) is 16.0. The van der Waals surface area contributed by atoms with Gasteiger partial charge in [-0.1, -0.05) is 255 Å². The Morgan fingerprint density at radius 3 is 1.05 bits per heavy atom. The first kappa shape index (κ1) is 46.1. The van der Waals surface area contributed by atoms with Gasteiger partial charge in [-0.05, 0) is 148 Å². The highest BCUT2D eigenvalue weighted by Gasteiger charge is 2.48. The molecule has 1 heteroatoms. The first-order valence-corrected chi connectivity index (χ1v) is 26.2. The Morgan fingerprint density at radius 1 is 0.315 bits per heavy atom. The minimum Gasteiger partial charge on any atom is -0.310 e. The SMILES string of the molecule is CCc1ccc(-c2ccc(N(c3ccc4c(c3)C(c3ccccc3)(c3ccc(C(C)(C)C)cc3)c3ccccc3-4)c3ccc4c(c3)C(c3ccccc3)(c3ccc(C(C)(C)C)cc3)c3ccccc3-4)cc2)cc1. The molecule has 2 aliphatic rings. The number of hydrogen-bond acceptors (Lipinski definition) is 1. The lowest BCUT2D eigenvalue weighted by molar-refractivity contribution is 0.589. The van der Waals surface area contributed by atoms with Crippen molar-refractivity contribution in [2.75, 3.05) is 4.90 Å². The van der Waals surface area contributed by atoms with Crippen LogP contribution in [0.5, 0.6) is 0 Å². The number of rotatable bonds is 9. The molecular formula is C72H63N. The maximum Gasteiger partial charge on any atom is 0.0714 e. The molecule has 0 fully saturated rings. The summed E-state index contributed by atoms with van der Waals surface area (Å²) < 4.78 is 0. The van der Waals surface area contributed by atoms with Crippen LogP contribution in [0.3, 0.4) is 0 Å². The zero-order valence-corrected chi connectivity index (χ0v) is 43.2. The summed E-state index contributed by atoms with van der Waals surface area (Å²) in [5.74, 6) is 0. The van der Waals surface area contributed by atoms with Crippen LogP contribution in [0.2, 0.25) is 0 Å². The monoisotopic (exact) mass is 941 g/mol. The van der Waals surface area contributed by atoms with E-state index in [1.807, 2.05) is 0 Å². The topological polar surface area (TPSA) is 3.24 Å². The highest BCUT2D eigenvalue weighted by molar-refractivity contribution is 5.92. The van der Waals surface area contributed by atoms with Gasteiger partial charge < -0.3 is 4.90 Å². The van der Waals surface area contributed by atoms with E-state index < -0.39 is 10.8 Å². The molecule has 356 valence electrons. The fourth-order valence-electron chi connectivity index (χ4n) is 12.4. The van der Waals surface area contributed by atoms with Crippen molar-refractivity contribution >= 4 is 17.1 Å². The lowest BCUT2D eigenvalue weighted by Crippen LogP contribution is -2.29. The normalized spacial score (nSPS) is 16.6. The van der Waals surface area contributed by atoms with Crippen LogP contribution in [0, 0.1) is 0 Å². The summed E-state index contributed by atoms with van der Waals surface area (Å²) in [4.78, 5) is 2.51. The molecule has 12 rings (SSSR count). The predicted molar refractivity (Wildman–Crippen MR) is 308 cm³/mol. The third-order valence-electron chi connectivity index (χ3n) is 16.2. The predicted octanol–water partition coefficient (Wildman–Crippen LogP) is 18.7. The molecule has 0 saturated heterocycles. The van der Waals surface area contributed by atoms with Crippen LogP contribution in [-0.4, -0.2) is 0 Å². The van der Waals surface area contributed by atoms with Gasteiger partial charge in [-0.3, -0.25) is 0 Å². The van der Waals surface area contributed by atoms with Gasteiger partial charge in [-0.15, -0.1) is 0 Å². The van der Waals surface area contributed by atoms with E-state index in [-0.39, 0.29) is 10.8 Å². The van der Waals surface area contributed by atoms with Crippen molar-refractivity contribution < 1.29 is 0 Å². The molecule has 0 saturated carbocycles. The Bertz CT molecular complexity index is 3430. The zero-order chi connectivity index (χ0) is 50.1. The molecule has 73 heavy (non-hydrogen) atoms. The molecule has 0 heterocycles. The summed E-state index contributed by atoms with van der Waals surface area (Å²) in [6, 6.07) is 92.4. The van der Waals surface area contributed by atoms with Crippen molar-refractivity contribution in [1.29, 1.82) is 0 Å². The summed E-state index contributed by atoms with van der Waals surface area (Å²) in [6.07, 6.45) is 1.02. The van der Waals surface area contributed by atoms with Crippen molar-refractivity contribution in [3.05, 3.63) is 304 Å². The van der Waals surface area contributed by atoms with Crippen molar-refractivity contribution in [3.63, 3.8) is 0 Å². The quantitative estimate of drug-likeness (QED) is 0.139. The minimum atomic E-state index is -0.568. The maximum absolute atomic E-state index is 2.51. The average molecular weight is 942 g/mol. The fourth-order valence-corrected chi connectivity index (χ4v) is 12.4. The van der Waals surface area contributed by atoms with Crippen molar-refractivity contribution in [2.45, 2.75) is 76.5 Å². The molecule has 2 atom stereocenters. The van der Waals surface area contributed by atoms with Crippen LogP contribution in [-0.2, 0) is 28.1 Å². The van der Waals surface area contributed by atoms with Crippen LogP contribution >= 0.6 is 0 Å². The van der Waals surface area contributed by atoms with E-state index in [0.29, 0.717) is 0 Å². The third kappa shape index (κ3) is 7.43. The second-order valence-corrected chi connectivity index (χ2v) is 22.4. The van der Waals surface area contributed by atoms with E-state index in [4.69, 9.17) is 0 Å². The van der Waals surface area contributed by atoms with Crippen LogP contribution in [0.1, 0.15) is 110 Å². The van der Waals surface area contributed by atoms with Gasteiger partial charge in [0.15, 0.2) is 0 Å². The smallest absolute Gasteiger partial charge is 0.0714 e. The maximum atomic E-state index is 2.51. The van der Waals surface area contributed by atoms with Gasteiger partial charge >= 0.3 is 0 Å². The molecule has 0 spiro atoms. The van der Waals surface area contributed by atoms with Gasteiger partial charge in [-0.25, -0.2) is 0 Å². The van der Waals surface area contributed by atoms with Gasteiger partial charge in [0.2, 0.25) is 0 Å². The van der Waals surface area contributed by atoms with Crippen molar-refractivity contribution in [1.82, 2.24) is 0 Å². The van der Waals surface area contributed by atoms with Crippen molar-refractivity contribution in [3.8, 4) is 33.4 Å². The van der Waals surface area contributed by atoms with Crippen LogP contribution in [0.15, 0.2) is 243 Å². The number of fused-ring (bicyclic) bond motifs is 6. The number of benzene rings is 10. The zero-order valence-electron chi connectivity index (χ0n) is 43.2. The van der Waals surface area contributed by atoms with E-state index in [2.05, 4.69) is 296 Å². The van der Waals surface area contributed by atoms with E-state index in [9.17, 15) is 0 Å². The molecule has 0 radical (unpaired) electrons. The Morgan fingerprint density at radius 2 is 0.658 bits per heavy atom. The molecule has 0 aliphatic heterocycles. The van der Waals surface area contributed by atoms with Gasteiger partial charge in [-0.2, -0.15) is 0 Å². The molecule has 2 aliphatic carbocycles. The molecule has 10 aromatic rings. The Labute approximate surface area is 433 Å². The van der Waals surface area contributed by atoms with E-state index >= 15 is 0 Å². The van der Waals surface area contributed by atoms with Crippen molar-refractivity contribution in [2.24, 2.45) is 0 Å². The average Bonchev–Trinajstić information content (AvgIpc) is 3.89. The fraction of sp³-hybridized carbons (Fsp3) is 0.167. The van der Waals surface area contributed by atoms with Gasteiger partial charge in [0, 0.05) is 17.1 Å². The second kappa shape index (κ2) is 17.6. The Hall–Kier alpha value is -8.00. The highest BCUT2D eigenvalue weighted by Crippen LogP contribution is 2.60. The molecular weight excluding hydrogens is 879 g/mol. The summed E-state index contributed by atoms with van der Waals surface area (Å²) in [5.41, 5.74) is 23.9. The van der Waals surface area contributed by atoms with Crippen LogP contribution in [0.25, 0.3) is 33.4 Å². The van der Waals surface area contributed by atoms with E-state index in [1.165, 1.54) is 94.6 Å². The lowest BCUT2D eigenvalue weighted by Gasteiger charge is -2.36. The van der Waals surface area contributed by atoms with Gasteiger partial charge in [0.1, 0.15) is 0 Å². The molecule has 0 amide bonds. The minimum absolute atomic E-state index is 0.0251. The number of anilines is 3. The van der Waals surface area contributed by atoms with Gasteiger partial charge in [0.05, 0.1) is 10.8 Å². The van der Waals surface area contributed by atoms with Gasteiger partial charge in [0.25, 0.3) is 0 Å². The van der Waals surface area contributed by atoms with E-state index in [1.54, 1.807) is 0 Å². The summed E-state index contributed by atoms with van der Waals surface area (Å²) >= 11 is 0. The highest BCUT2D eigenvalue weighted by atomic mass is 15.1. The first-order valence-electron chi connectivity index (χ1n) is 26.2. The second-order valence-electron chi connectivity index (χ2n) is 22.4. The molecule has 10 aromatic carbocycles. The lowest BCUT2D eigenvalue weighted by atomic mass is 9.67. The summed E-state index contributed by atoms with van der Waals surface area (Å²) in [5, 5.41) is 0. The number of aryl methyl sites for hydroxylation is 1.